The average molecular weight is 349 g/mol. The van der Waals surface area contributed by atoms with Gasteiger partial charge in [0, 0.05) is 13.1 Å². The molecule has 0 aliphatic rings. The smallest absolute Gasteiger partial charge is 0.191 e. The summed E-state index contributed by atoms with van der Waals surface area (Å²) in [6, 6.07) is 8.13. The van der Waals surface area contributed by atoms with Crippen molar-refractivity contribution in [2.24, 2.45) is 4.99 Å². The van der Waals surface area contributed by atoms with Crippen molar-refractivity contribution in [3.8, 4) is 5.75 Å². The highest BCUT2D eigenvalue weighted by atomic mass is 16.5. The van der Waals surface area contributed by atoms with E-state index in [2.05, 4.69) is 60.4 Å². The van der Waals surface area contributed by atoms with Crippen molar-refractivity contribution < 1.29 is 4.74 Å². The molecule has 0 amide bonds. The molecule has 0 saturated heterocycles. The molecule has 0 radical (unpaired) electrons. The van der Waals surface area contributed by atoms with E-state index in [0.717, 1.165) is 57.4 Å². The van der Waals surface area contributed by atoms with Gasteiger partial charge in [0.1, 0.15) is 12.4 Å². The zero-order valence-electron chi connectivity index (χ0n) is 16.5. The molecule has 0 heterocycles. The van der Waals surface area contributed by atoms with Crippen LogP contribution in [0.2, 0.25) is 0 Å². The zero-order valence-corrected chi connectivity index (χ0v) is 16.5. The number of hydrogen-bond donors (Lipinski definition) is 2. The highest BCUT2D eigenvalue weighted by Crippen LogP contribution is 2.10. The van der Waals surface area contributed by atoms with Crippen LogP contribution in [0.25, 0.3) is 0 Å². The Morgan fingerprint density at radius 3 is 2.40 bits per heavy atom. The molecule has 1 rings (SSSR count). The maximum Gasteiger partial charge on any atom is 0.191 e. The van der Waals surface area contributed by atoms with E-state index in [1.165, 1.54) is 12.0 Å². The molecule has 142 valence electrons. The molecular formula is C20H36N4O. The van der Waals surface area contributed by atoms with E-state index in [1.807, 2.05) is 12.1 Å². The number of nitrogens with one attached hydrogen (secondary N) is 2. The molecule has 2 N–H and O–H groups in total. The number of aliphatic imine (C=N–C) groups is 1. The van der Waals surface area contributed by atoms with Crippen LogP contribution in [0, 0.1) is 6.92 Å². The Labute approximate surface area is 153 Å². The Bertz CT molecular complexity index is 469. The second kappa shape index (κ2) is 13.5. The molecule has 0 unspecified atom stereocenters. The SMILES string of the molecule is CCNC(=NCCCCN(CC)CC)NCCOc1ccc(C)cc1. The first-order chi connectivity index (χ1) is 12.2. The lowest BCUT2D eigenvalue weighted by Crippen LogP contribution is -2.39. The van der Waals surface area contributed by atoms with E-state index in [9.17, 15) is 0 Å². The number of hydrogen-bond acceptors (Lipinski definition) is 3. The largest absolute Gasteiger partial charge is 0.492 e. The molecule has 1 aromatic carbocycles. The van der Waals surface area contributed by atoms with Crippen molar-refractivity contribution in [3.05, 3.63) is 29.8 Å². The van der Waals surface area contributed by atoms with Gasteiger partial charge in [-0.2, -0.15) is 0 Å². The van der Waals surface area contributed by atoms with E-state index in [1.54, 1.807) is 0 Å². The van der Waals surface area contributed by atoms with Crippen molar-refractivity contribution in [1.29, 1.82) is 0 Å². The van der Waals surface area contributed by atoms with Crippen LogP contribution in [-0.2, 0) is 0 Å². The van der Waals surface area contributed by atoms with E-state index < -0.39 is 0 Å². The van der Waals surface area contributed by atoms with Crippen LogP contribution in [0.1, 0.15) is 39.2 Å². The van der Waals surface area contributed by atoms with Crippen molar-refractivity contribution >= 4 is 5.96 Å². The van der Waals surface area contributed by atoms with Crippen LogP contribution >= 0.6 is 0 Å². The third kappa shape index (κ3) is 9.97. The second-order valence-corrected chi connectivity index (χ2v) is 6.08. The first-order valence-corrected chi connectivity index (χ1v) is 9.63. The fourth-order valence-electron chi connectivity index (χ4n) is 2.49. The quantitative estimate of drug-likeness (QED) is 0.346. The number of guanidine groups is 1. The Morgan fingerprint density at radius 1 is 1.04 bits per heavy atom. The van der Waals surface area contributed by atoms with Crippen LogP contribution < -0.4 is 15.4 Å². The minimum atomic E-state index is 0.620. The Morgan fingerprint density at radius 2 is 1.76 bits per heavy atom. The van der Waals surface area contributed by atoms with Crippen LogP contribution in [0.5, 0.6) is 5.75 Å². The number of aryl methyl sites for hydroxylation is 1. The molecule has 0 aliphatic carbocycles. The minimum absolute atomic E-state index is 0.620. The van der Waals surface area contributed by atoms with E-state index in [4.69, 9.17) is 4.74 Å². The Kier molecular flexibility index (Phi) is 11.5. The normalized spacial score (nSPS) is 11.6. The summed E-state index contributed by atoms with van der Waals surface area (Å²) in [6.45, 7) is 15.1. The standard InChI is InChI=1S/C20H36N4O/c1-5-21-20(22-14-8-9-16-24(6-2)7-3)23-15-17-25-19-12-10-18(4)11-13-19/h10-13H,5-9,14-17H2,1-4H3,(H2,21,22,23). The van der Waals surface area contributed by atoms with Gasteiger partial charge >= 0.3 is 0 Å². The van der Waals surface area contributed by atoms with Gasteiger partial charge in [-0.1, -0.05) is 31.5 Å². The fourth-order valence-corrected chi connectivity index (χ4v) is 2.49. The zero-order chi connectivity index (χ0) is 18.3. The summed E-state index contributed by atoms with van der Waals surface area (Å²) < 4.78 is 5.73. The monoisotopic (exact) mass is 348 g/mol. The van der Waals surface area contributed by atoms with E-state index >= 15 is 0 Å². The van der Waals surface area contributed by atoms with E-state index in [-0.39, 0.29) is 0 Å². The van der Waals surface area contributed by atoms with Gasteiger partial charge in [-0.05, 0) is 58.5 Å². The first-order valence-electron chi connectivity index (χ1n) is 9.63. The summed E-state index contributed by atoms with van der Waals surface area (Å²) in [5.74, 6) is 1.78. The number of rotatable bonds is 12. The molecule has 0 aromatic heterocycles. The minimum Gasteiger partial charge on any atom is -0.492 e. The maximum atomic E-state index is 5.73. The van der Waals surface area contributed by atoms with Crippen molar-refractivity contribution in [2.75, 3.05) is 45.9 Å². The third-order valence-corrected chi connectivity index (χ3v) is 4.08. The Hall–Kier alpha value is -1.75. The van der Waals surface area contributed by atoms with Crippen LogP contribution in [0.4, 0.5) is 0 Å². The molecule has 0 bridgehead atoms. The number of unbranched alkanes of at least 4 members (excludes halogenated alkanes) is 1. The fraction of sp³-hybridized carbons (Fsp3) is 0.650. The molecule has 1 aromatic rings. The summed E-state index contributed by atoms with van der Waals surface area (Å²) in [4.78, 5) is 7.09. The molecule has 0 atom stereocenters. The van der Waals surface area contributed by atoms with Crippen LogP contribution in [0.3, 0.4) is 0 Å². The van der Waals surface area contributed by atoms with Crippen molar-refractivity contribution in [2.45, 2.75) is 40.5 Å². The molecule has 0 spiro atoms. The summed E-state index contributed by atoms with van der Waals surface area (Å²) in [6.07, 6.45) is 2.31. The highest BCUT2D eigenvalue weighted by Gasteiger charge is 2.00. The summed E-state index contributed by atoms with van der Waals surface area (Å²) >= 11 is 0. The molecule has 0 saturated carbocycles. The predicted molar refractivity (Wildman–Crippen MR) is 108 cm³/mol. The van der Waals surface area contributed by atoms with Crippen LogP contribution in [0.15, 0.2) is 29.3 Å². The first kappa shape index (κ1) is 21.3. The number of benzene rings is 1. The van der Waals surface area contributed by atoms with Gasteiger partial charge < -0.3 is 20.3 Å². The van der Waals surface area contributed by atoms with Gasteiger partial charge in [-0.15, -0.1) is 0 Å². The molecule has 5 heteroatoms. The predicted octanol–water partition coefficient (Wildman–Crippen LogP) is 3.05. The van der Waals surface area contributed by atoms with Crippen LogP contribution in [-0.4, -0.2) is 56.7 Å². The third-order valence-electron chi connectivity index (χ3n) is 4.08. The van der Waals surface area contributed by atoms with Gasteiger partial charge in [0.25, 0.3) is 0 Å². The van der Waals surface area contributed by atoms with Gasteiger partial charge in [0.05, 0.1) is 6.54 Å². The second-order valence-electron chi connectivity index (χ2n) is 6.08. The number of ether oxygens (including phenoxy) is 1. The molecule has 25 heavy (non-hydrogen) atoms. The van der Waals surface area contributed by atoms with Gasteiger partial charge in [0.15, 0.2) is 5.96 Å². The highest BCUT2D eigenvalue weighted by molar-refractivity contribution is 5.79. The average Bonchev–Trinajstić information content (AvgIpc) is 2.63. The van der Waals surface area contributed by atoms with E-state index in [0.29, 0.717) is 6.61 Å². The summed E-state index contributed by atoms with van der Waals surface area (Å²) in [5.41, 5.74) is 1.24. The summed E-state index contributed by atoms with van der Waals surface area (Å²) in [7, 11) is 0. The molecular weight excluding hydrogens is 312 g/mol. The van der Waals surface area contributed by atoms with Gasteiger partial charge in [-0.25, -0.2) is 0 Å². The number of nitrogens with zero attached hydrogens (tertiary/aromatic N) is 2. The Balaban J connectivity index is 2.22. The maximum absolute atomic E-state index is 5.73. The summed E-state index contributed by atoms with van der Waals surface area (Å²) in [5, 5.41) is 6.61. The molecule has 0 fully saturated rings. The lowest BCUT2D eigenvalue weighted by molar-refractivity contribution is 0.297. The lowest BCUT2D eigenvalue weighted by Gasteiger charge is -2.17. The van der Waals surface area contributed by atoms with Gasteiger partial charge in [0.2, 0.25) is 0 Å². The van der Waals surface area contributed by atoms with Gasteiger partial charge in [-0.3, -0.25) is 4.99 Å². The topological polar surface area (TPSA) is 48.9 Å². The lowest BCUT2D eigenvalue weighted by atomic mass is 10.2. The van der Waals surface area contributed by atoms with Crippen molar-refractivity contribution in [1.82, 2.24) is 15.5 Å². The molecule has 0 aliphatic heterocycles. The van der Waals surface area contributed by atoms with Crippen molar-refractivity contribution in [3.63, 3.8) is 0 Å². The molecule has 5 nitrogen and oxygen atoms in total.